The van der Waals surface area contributed by atoms with Gasteiger partial charge >= 0.3 is 12.1 Å². The maximum atomic E-state index is 12.7. The second-order valence-corrected chi connectivity index (χ2v) is 2.33. The molecule has 6 heteroatoms. The van der Waals surface area contributed by atoms with Crippen molar-refractivity contribution in [3.05, 3.63) is 34.9 Å². The topological polar surface area (TPSA) is 34.1 Å². The van der Waals surface area contributed by atoms with Crippen molar-refractivity contribution >= 4 is 12.1 Å². The van der Waals surface area contributed by atoms with Crippen molar-refractivity contribution in [2.45, 2.75) is 0 Å². The monoisotopic (exact) mass is 206 g/mol. The summed E-state index contributed by atoms with van der Waals surface area (Å²) in [4.78, 5) is 20.3. The fraction of sp³-hybridized carbons (Fsp3) is 0. The first-order chi connectivity index (χ1) is 6.45. The lowest BCUT2D eigenvalue weighted by molar-refractivity contribution is 0.0791. The summed E-state index contributed by atoms with van der Waals surface area (Å²) >= 11 is 0. The molecule has 0 amide bonds. The van der Waals surface area contributed by atoms with E-state index in [4.69, 9.17) is 0 Å². The van der Waals surface area contributed by atoms with Gasteiger partial charge in [-0.25, -0.2) is 8.78 Å². The Morgan fingerprint density at radius 2 is 1.57 bits per heavy atom. The Morgan fingerprint density at radius 1 is 1.00 bits per heavy atom. The zero-order chi connectivity index (χ0) is 10.9. The molecule has 0 N–H and O–H groups in total. The lowest BCUT2D eigenvalue weighted by Crippen LogP contribution is -2.07. The van der Waals surface area contributed by atoms with Crippen LogP contribution in [0.5, 0.6) is 0 Å². The highest BCUT2D eigenvalue weighted by molar-refractivity contribution is 6.02. The van der Waals surface area contributed by atoms with Crippen LogP contribution in [0, 0.1) is 11.6 Å². The Morgan fingerprint density at radius 3 is 2.00 bits per heavy atom. The standard InChI is InChI=1S/C8H2F4O2/c9-4-2-1-3(7(11)13)5(6(4)10)8(12)14/h1-2H. The van der Waals surface area contributed by atoms with Crippen LogP contribution in [0.25, 0.3) is 0 Å². The van der Waals surface area contributed by atoms with Gasteiger partial charge in [-0.2, -0.15) is 8.78 Å². The molecule has 1 aromatic rings. The van der Waals surface area contributed by atoms with Crippen molar-refractivity contribution in [2.24, 2.45) is 0 Å². The SMILES string of the molecule is O=C(F)c1ccc(F)c(F)c1C(=O)F. The quantitative estimate of drug-likeness (QED) is 0.549. The number of hydrogen-bond donors (Lipinski definition) is 0. The van der Waals surface area contributed by atoms with Crippen LogP contribution in [-0.2, 0) is 0 Å². The molecule has 0 aromatic heterocycles. The minimum atomic E-state index is -2.40. The fourth-order valence-electron chi connectivity index (χ4n) is 0.907. The lowest BCUT2D eigenvalue weighted by Gasteiger charge is -2.01. The number of hydrogen-bond acceptors (Lipinski definition) is 2. The predicted octanol–water partition coefficient (Wildman–Crippen LogP) is 2.18. The van der Waals surface area contributed by atoms with Crippen molar-refractivity contribution in [3.63, 3.8) is 0 Å². The zero-order valence-corrected chi connectivity index (χ0v) is 6.48. The number of halogens is 4. The number of benzene rings is 1. The minimum Gasteiger partial charge on any atom is -0.255 e. The van der Waals surface area contributed by atoms with Crippen LogP contribution in [0.3, 0.4) is 0 Å². The molecule has 0 atom stereocenters. The number of rotatable bonds is 2. The van der Waals surface area contributed by atoms with Crippen molar-refractivity contribution in [1.29, 1.82) is 0 Å². The first-order valence-electron chi connectivity index (χ1n) is 3.32. The molecule has 0 unspecified atom stereocenters. The Balaban J connectivity index is 3.53. The van der Waals surface area contributed by atoms with Crippen molar-refractivity contribution < 1.29 is 27.2 Å². The van der Waals surface area contributed by atoms with Gasteiger partial charge in [-0.1, -0.05) is 0 Å². The van der Waals surface area contributed by atoms with Crippen LogP contribution in [0.2, 0.25) is 0 Å². The molecule has 0 bridgehead atoms. The van der Waals surface area contributed by atoms with E-state index in [1.807, 2.05) is 0 Å². The third-order valence-electron chi connectivity index (χ3n) is 1.50. The Kier molecular flexibility index (Phi) is 2.64. The minimum absolute atomic E-state index is 0.425. The molecule has 0 saturated carbocycles. The Hall–Kier alpha value is -1.72. The molecular weight excluding hydrogens is 204 g/mol. The maximum Gasteiger partial charge on any atom is 0.336 e. The van der Waals surface area contributed by atoms with Gasteiger partial charge in [-0.3, -0.25) is 9.59 Å². The average Bonchev–Trinajstić information content (AvgIpc) is 2.08. The van der Waals surface area contributed by atoms with E-state index < -0.39 is 34.8 Å². The molecule has 0 spiro atoms. The molecule has 0 aliphatic rings. The summed E-state index contributed by atoms with van der Waals surface area (Å²) in [5.41, 5.74) is -2.64. The van der Waals surface area contributed by atoms with Crippen LogP contribution in [0.15, 0.2) is 12.1 Å². The summed E-state index contributed by atoms with van der Waals surface area (Å²) in [6.07, 6.45) is 0. The summed E-state index contributed by atoms with van der Waals surface area (Å²) < 4.78 is 49.4. The normalized spacial score (nSPS) is 10.0. The third-order valence-corrected chi connectivity index (χ3v) is 1.50. The van der Waals surface area contributed by atoms with E-state index in [9.17, 15) is 27.2 Å². The van der Waals surface area contributed by atoms with E-state index >= 15 is 0 Å². The van der Waals surface area contributed by atoms with E-state index in [-0.39, 0.29) is 0 Å². The van der Waals surface area contributed by atoms with Gasteiger partial charge in [0, 0.05) is 0 Å². The van der Waals surface area contributed by atoms with Gasteiger partial charge in [0.1, 0.15) is 5.56 Å². The van der Waals surface area contributed by atoms with Crippen molar-refractivity contribution in [1.82, 2.24) is 0 Å². The van der Waals surface area contributed by atoms with Crippen LogP contribution >= 0.6 is 0 Å². The average molecular weight is 206 g/mol. The highest BCUT2D eigenvalue weighted by Crippen LogP contribution is 2.19. The number of carbonyl (C=O) groups excluding carboxylic acids is 2. The molecule has 74 valence electrons. The molecule has 0 saturated heterocycles. The second kappa shape index (κ2) is 3.57. The molecular formula is C8H2F4O2. The molecule has 0 heterocycles. The highest BCUT2D eigenvalue weighted by atomic mass is 19.2. The van der Waals surface area contributed by atoms with Gasteiger partial charge in [0.05, 0.1) is 5.56 Å². The lowest BCUT2D eigenvalue weighted by atomic mass is 10.1. The van der Waals surface area contributed by atoms with Gasteiger partial charge in [-0.15, -0.1) is 0 Å². The van der Waals surface area contributed by atoms with Gasteiger partial charge in [0.2, 0.25) is 0 Å². The van der Waals surface area contributed by atoms with Crippen LogP contribution < -0.4 is 0 Å². The van der Waals surface area contributed by atoms with Crippen molar-refractivity contribution in [3.8, 4) is 0 Å². The molecule has 1 aromatic carbocycles. The van der Waals surface area contributed by atoms with Gasteiger partial charge in [-0.05, 0) is 12.1 Å². The third kappa shape index (κ3) is 1.63. The molecule has 0 fully saturated rings. The summed E-state index contributed by atoms with van der Waals surface area (Å²) in [5, 5.41) is 0. The summed E-state index contributed by atoms with van der Waals surface area (Å²) in [6, 6.07) is -3.68. The van der Waals surface area contributed by atoms with Crippen molar-refractivity contribution in [2.75, 3.05) is 0 Å². The summed E-state index contributed by atoms with van der Waals surface area (Å²) in [5.74, 6) is -3.41. The van der Waals surface area contributed by atoms with E-state index in [0.29, 0.717) is 12.1 Å². The molecule has 0 radical (unpaired) electrons. The largest absolute Gasteiger partial charge is 0.336 e. The van der Waals surface area contributed by atoms with Crippen LogP contribution in [-0.4, -0.2) is 12.1 Å². The van der Waals surface area contributed by atoms with Crippen LogP contribution in [0.1, 0.15) is 20.7 Å². The van der Waals surface area contributed by atoms with E-state index in [1.54, 1.807) is 0 Å². The number of carbonyl (C=O) groups is 2. The predicted molar refractivity (Wildman–Crippen MR) is 37.2 cm³/mol. The highest BCUT2D eigenvalue weighted by Gasteiger charge is 2.23. The molecule has 0 aliphatic heterocycles. The van der Waals surface area contributed by atoms with E-state index in [1.165, 1.54) is 0 Å². The van der Waals surface area contributed by atoms with Gasteiger partial charge in [0.15, 0.2) is 11.6 Å². The van der Waals surface area contributed by atoms with Gasteiger partial charge in [0.25, 0.3) is 0 Å². The summed E-state index contributed by atoms with van der Waals surface area (Å²) in [7, 11) is 0. The molecule has 0 aliphatic carbocycles. The fourth-order valence-corrected chi connectivity index (χ4v) is 0.907. The molecule has 2 nitrogen and oxygen atoms in total. The van der Waals surface area contributed by atoms with E-state index in [0.717, 1.165) is 0 Å². The smallest absolute Gasteiger partial charge is 0.255 e. The summed E-state index contributed by atoms with van der Waals surface area (Å²) in [6.45, 7) is 0. The Labute approximate surface area is 75.1 Å². The van der Waals surface area contributed by atoms with Gasteiger partial charge < -0.3 is 0 Å². The Bertz CT molecular complexity index is 414. The molecule has 14 heavy (non-hydrogen) atoms. The van der Waals surface area contributed by atoms with E-state index in [2.05, 4.69) is 0 Å². The second-order valence-electron chi connectivity index (χ2n) is 2.33. The zero-order valence-electron chi connectivity index (χ0n) is 6.48. The first-order valence-corrected chi connectivity index (χ1v) is 3.32. The van der Waals surface area contributed by atoms with Crippen LogP contribution in [0.4, 0.5) is 17.6 Å². The maximum absolute atomic E-state index is 12.7. The first kappa shape index (κ1) is 10.4. The molecule has 1 rings (SSSR count).